The second-order valence-electron chi connectivity index (χ2n) is 1.41. The van der Waals surface area contributed by atoms with Crippen LogP contribution < -0.4 is 11.7 Å². The van der Waals surface area contributed by atoms with Gasteiger partial charge >= 0.3 is 0 Å². The Hall–Kier alpha value is -0.640. The average molecular weight is 163 g/mol. The lowest BCUT2D eigenvalue weighted by Gasteiger charge is -1.86. The lowest BCUT2D eigenvalue weighted by Crippen LogP contribution is -2.02. The smallest absolute Gasteiger partial charge is 0.141 e. The van der Waals surface area contributed by atoms with Crippen molar-refractivity contribution in [2.24, 2.45) is 11.7 Å². The van der Waals surface area contributed by atoms with Crippen molar-refractivity contribution in [1.82, 2.24) is 0 Å². The van der Waals surface area contributed by atoms with Gasteiger partial charge in [-0.15, -0.1) is 0 Å². The largest absolute Gasteiger partial charge is 0.274 e. The molecule has 0 bridgehead atoms. The van der Waals surface area contributed by atoms with Gasteiger partial charge in [0.15, 0.2) is 0 Å². The standard InChI is InChI=1S/C6H4ClF.H4N2/c7-5-3-1-2-4-6(5)8;1-2/h1-4H;1-2H2. The van der Waals surface area contributed by atoms with Gasteiger partial charge in [-0.1, -0.05) is 23.7 Å². The van der Waals surface area contributed by atoms with Gasteiger partial charge in [0.1, 0.15) is 5.82 Å². The van der Waals surface area contributed by atoms with Crippen molar-refractivity contribution in [3.8, 4) is 0 Å². The summed E-state index contributed by atoms with van der Waals surface area (Å²) in [7, 11) is 0. The molecule has 0 unspecified atom stereocenters. The summed E-state index contributed by atoms with van der Waals surface area (Å²) in [4.78, 5) is 0. The maximum absolute atomic E-state index is 12.2. The molecule has 0 amide bonds. The lowest BCUT2D eigenvalue weighted by atomic mass is 10.4. The highest BCUT2D eigenvalue weighted by Crippen LogP contribution is 2.11. The molecule has 1 aromatic rings. The topological polar surface area (TPSA) is 52.0 Å². The molecule has 0 heterocycles. The number of hydrogen-bond donors (Lipinski definition) is 2. The minimum Gasteiger partial charge on any atom is -0.274 e. The van der Waals surface area contributed by atoms with Crippen LogP contribution in [0.4, 0.5) is 4.39 Å². The molecular formula is C6H8ClFN2. The molecular weight excluding hydrogens is 155 g/mol. The van der Waals surface area contributed by atoms with Crippen LogP contribution in [0.3, 0.4) is 0 Å². The first-order valence-electron chi connectivity index (χ1n) is 2.54. The third-order valence-electron chi connectivity index (χ3n) is 0.824. The summed E-state index contributed by atoms with van der Waals surface area (Å²) < 4.78 is 12.2. The van der Waals surface area contributed by atoms with Gasteiger partial charge in [0.25, 0.3) is 0 Å². The second-order valence-corrected chi connectivity index (χ2v) is 1.82. The number of hydrazine groups is 1. The summed E-state index contributed by atoms with van der Waals surface area (Å²) in [5.41, 5.74) is 0. The summed E-state index contributed by atoms with van der Waals surface area (Å²) in [6.07, 6.45) is 0. The highest BCUT2D eigenvalue weighted by Gasteiger charge is 1.91. The van der Waals surface area contributed by atoms with E-state index in [0.717, 1.165) is 0 Å². The first-order chi connectivity index (χ1) is 4.80. The molecule has 10 heavy (non-hydrogen) atoms. The molecule has 0 spiro atoms. The van der Waals surface area contributed by atoms with Crippen LogP contribution in [0.5, 0.6) is 0 Å². The van der Waals surface area contributed by atoms with E-state index < -0.39 is 0 Å². The zero-order valence-electron chi connectivity index (χ0n) is 5.22. The summed E-state index contributed by atoms with van der Waals surface area (Å²) in [6.45, 7) is 0. The van der Waals surface area contributed by atoms with E-state index in [1.54, 1.807) is 12.1 Å². The van der Waals surface area contributed by atoms with Crippen LogP contribution >= 0.6 is 11.6 Å². The fourth-order valence-electron chi connectivity index (χ4n) is 0.439. The molecule has 0 radical (unpaired) electrons. The van der Waals surface area contributed by atoms with Gasteiger partial charge in [0, 0.05) is 0 Å². The Labute approximate surface area is 63.6 Å². The zero-order chi connectivity index (χ0) is 7.98. The molecule has 4 heteroatoms. The van der Waals surface area contributed by atoms with Gasteiger partial charge in [-0.2, -0.15) is 0 Å². The maximum Gasteiger partial charge on any atom is 0.141 e. The molecule has 0 fully saturated rings. The molecule has 0 saturated heterocycles. The minimum absolute atomic E-state index is 0.174. The number of benzene rings is 1. The molecule has 0 aliphatic heterocycles. The predicted octanol–water partition coefficient (Wildman–Crippen LogP) is 1.30. The first kappa shape index (κ1) is 9.36. The van der Waals surface area contributed by atoms with Gasteiger partial charge < -0.3 is 0 Å². The average Bonchev–Trinajstić information content (AvgIpc) is 2.00. The molecule has 4 N–H and O–H groups in total. The van der Waals surface area contributed by atoms with E-state index in [4.69, 9.17) is 11.6 Å². The Morgan fingerprint density at radius 3 is 2.00 bits per heavy atom. The predicted molar refractivity (Wildman–Crippen MR) is 39.8 cm³/mol. The van der Waals surface area contributed by atoms with Crippen LogP contribution in [0, 0.1) is 5.82 Å². The Bertz CT molecular complexity index is 172. The van der Waals surface area contributed by atoms with Crippen molar-refractivity contribution in [2.75, 3.05) is 0 Å². The van der Waals surface area contributed by atoms with Gasteiger partial charge in [0.2, 0.25) is 0 Å². The van der Waals surface area contributed by atoms with E-state index in [2.05, 4.69) is 11.7 Å². The third-order valence-corrected chi connectivity index (χ3v) is 1.13. The fraction of sp³-hybridized carbons (Fsp3) is 0. The molecule has 2 nitrogen and oxygen atoms in total. The minimum atomic E-state index is -0.367. The van der Waals surface area contributed by atoms with E-state index in [0.29, 0.717) is 0 Å². The van der Waals surface area contributed by atoms with Crippen molar-refractivity contribution in [3.63, 3.8) is 0 Å². The maximum atomic E-state index is 12.2. The normalized spacial score (nSPS) is 8.00. The number of rotatable bonds is 0. The molecule has 0 aliphatic rings. The Morgan fingerprint density at radius 2 is 1.70 bits per heavy atom. The second kappa shape index (κ2) is 5.17. The van der Waals surface area contributed by atoms with Gasteiger partial charge in [-0.3, -0.25) is 11.7 Å². The van der Waals surface area contributed by atoms with Crippen LogP contribution in [-0.2, 0) is 0 Å². The molecule has 0 atom stereocenters. The van der Waals surface area contributed by atoms with Crippen molar-refractivity contribution in [3.05, 3.63) is 35.1 Å². The van der Waals surface area contributed by atoms with E-state index in [9.17, 15) is 4.39 Å². The van der Waals surface area contributed by atoms with Crippen molar-refractivity contribution < 1.29 is 4.39 Å². The van der Waals surface area contributed by atoms with Crippen LogP contribution in [0.1, 0.15) is 0 Å². The summed E-state index contributed by atoms with van der Waals surface area (Å²) in [5, 5.41) is 0.174. The highest BCUT2D eigenvalue weighted by atomic mass is 35.5. The number of nitrogens with two attached hydrogens (primary N) is 2. The van der Waals surface area contributed by atoms with Crippen LogP contribution in [-0.4, -0.2) is 0 Å². The molecule has 56 valence electrons. The number of halogens is 2. The Balaban J connectivity index is 0.000000371. The summed E-state index contributed by atoms with van der Waals surface area (Å²) in [6, 6.07) is 6.12. The highest BCUT2D eigenvalue weighted by molar-refractivity contribution is 6.30. The van der Waals surface area contributed by atoms with Crippen molar-refractivity contribution in [1.29, 1.82) is 0 Å². The van der Waals surface area contributed by atoms with Crippen LogP contribution in [0.15, 0.2) is 24.3 Å². The summed E-state index contributed by atoms with van der Waals surface area (Å²) in [5.74, 6) is 7.63. The monoisotopic (exact) mass is 162 g/mol. The van der Waals surface area contributed by atoms with Gasteiger partial charge in [-0.05, 0) is 12.1 Å². The van der Waals surface area contributed by atoms with E-state index in [1.807, 2.05) is 0 Å². The Kier molecular flexibility index (Phi) is 4.84. The lowest BCUT2D eigenvalue weighted by molar-refractivity contribution is 0.628. The Morgan fingerprint density at radius 1 is 1.20 bits per heavy atom. The zero-order valence-corrected chi connectivity index (χ0v) is 5.98. The van der Waals surface area contributed by atoms with E-state index in [1.165, 1.54) is 12.1 Å². The molecule has 1 aromatic carbocycles. The van der Waals surface area contributed by atoms with Crippen molar-refractivity contribution >= 4 is 11.6 Å². The molecule has 1 rings (SSSR count). The molecule has 0 aliphatic carbocycles. The quantitative estimate of drug-likeness (QED) is 0.446. The van der Waals surface area contributed by atoms with E-state index in [-0.39, 0.29) is 10.8 Å². The first-order valence-corrected chi connectivity index (χ1v) is 2.92. The van der Waals surface area contributed by atoms with E-state index >= 15 is 0 Å². The fourth-order valence-corrected chi connectivity index (χ4v) is 0.575. The number of hydrogen-bond acceptors (Lipinski definition) is 2. The van der Waals surface area contributed by atoms with Crippen molar-refractivity contribution in [2.45, 2.75) is 0 Å². The van der Waals surface area contributed by atoms with Gasteiger partial charge in [0.05, 0.1) is 5.02 Å². The SMILES string of the molecule is Fc1ccccc1Cl.NN. The van der Waals surface area contributed by atoms with Crippen LogP contribution in [0.2, 0.25) is 5.02 Å². The summed E-state index contributed by atoms with van der Waals surface area (Å²) >= 11 is 5.33. The molecule has 0 saturated carbocycles. The molecule has 0 aromatic heterocycles. The van der Waals surface area contributed by atoms with Crippen LogP contribution in [0.25, 0.3) is 0 Å². The third kappa shape index (κ3) is 2.77. The van der Waals surface area contributed by atoms with Gasteiger partial charge in [-0.25, -0.2) is 4.39 Å².